The minimum atomic E-state index is -0.139. The first-order valence-electron chi connectivity index (χ1n) is 6.25. The minimum Gasteiger partial charge on any atom is -0.394 e. The zero-order chi connectivity index (χ0) is 13.1. The van der Waals surface area contributed by atoms with Gasteiger partial charge in [0.1, 0.15) is 0 Å². The summed E-state index contributed by atoms with van der Waals surface area (Å²) in [5.41, 5.74) is 3.93. The first kappa shape index (κ1) is 14.2. The van der Waals surface area contributed by atoms with Gasteiger partial charge in [0, 0.05) is 12.1 Å². The van der Waals surface area contributed by atoms with Gasteiger partial charge in [-0.25, -0.2) is 0 Å². The summed E-state index contributed by atoms with van der Waals surface area (Å²) in [5, 5.41) is 9.30. The zero-order valence-electron chi connectivity index (χ0n) is 11.7. The monoisotopic (exact) mass is 235 g/mol. The van der Waals surface area contributed by atoms with Crippen molar-refractivity contribution in [3.63, 3.8) is 0 Å². The lowest BCUT2D eigenvalue weighted by molar-refractivity contribution is 0.0801. The highest BCUT2D eigenvalue weighted by Gasteiger charge is 2.21. The number of rotatable bonds is 5. The highest BCUT2D eigenvalue weighted by Crippen LogP contribution is 2.14. The number of aliphatic hydroxyl groups excluding tert-OH is 1. The zero-order valence-corrected chi connectivity index (χ0v) is 11.7. The number of benzene rings is 1. The lowest BCUT2D eigenvalue weighted by Gasteiger charge is -2.33. The average molecular weight is 235 g/mol. The second-order valence-electron chi connectivity index (χ2n) is 5.56. The van der Waals surface area contributed by atoms with Crippen molar-refractivity contribution in [3.8, 4) is 0 Å². The Labute approximate surface area is 105 Å². The van der Waals surface area contributed by atoms with E-state index in [4.69, 9.17) is 0 Å². The highest BCUT2D eigenvalue weighted by molar-refractivity contribution is 5.30. The van der Waals surface area contributed by atoms with Crippen LogP contribution in [0.15, 0.2) is 18.2 Å². The van der Waals surface area contributed by atoms with Gasteiger partial charge >= 0.3 is 0 Å². The van der Waals surface area contributed by atoms with Gasteiger partial charge in [-0.1, -0.05) is 18.2 Å². The molecule has 0 fully saturated rings. The van der Waals surface area contributed by atoms with Gasteiger partial charge in [0.05, 0.1) is 6.61 Å². The van der Waals surface area contributed by atoms with Crippen LogP contribution in [0.1, 0.15) is 30.5 Å². The Morgan fingerprint density at radius 3 is 2.35 bits per heavy atom. The molecule has 0 saturated heterocycles. The predicted molar refractivity (Wildman–Crippen MR) is 73.4 cm³/mol. The topological polar surface area (TPSA) is 23.5 Å². The van der Waals surface area contributed by atoms with Gasteiger partial charge in [-0.05, 0) is 57.9 Å². The lowest BCUT2D eigenvalue weighted by atomic mass is 10.0. The van der Waals surface area contributed by atoms with Gasteiger partial charge < -0.3 is 5.11 Å². The molecule has 0 bridgehead atoms. The Hall–Kier alpha value is -0.860. The van der Waals surface area contributed by atoms with E-state index in [1.165, 1.54) is 16.7 Å². The number of hydrogen-bond acceptors (Lipinski definition) is 2. The van der Waals surface area contributed by atoms with E-state index in [0.29, 0.717) is 0 Å². The van der Waals surface area contributed by atoms with Crippen LogP contribution < -0.4 is 0 Å². The first-order chi connectivity index (χ1) is 7.86. The Kier molecular flexibility index (Phi) is 4.72. The van der Waals surface area contributed by atoms with E-state index < -0.39 is 0 Å². The molecule has 17 heavy (non-hydrogen) atoms. The molecule has 1 aromatic carbocycles. The van der Waals surface area contributed by atoms with Gasteiger partial charge in [0.15, 0.2) is 0 Å². The maximum absolute atomic E-state index is 9.30. The maximum Gasteiger partial charge on any atom is 0.0609 e. The third-order valence-corrected chi connectivity index (χ3v) is 3.73. The Morgan fingerprint density at radius 1 is 1.18 bits per heavy atom. The molecule has 0 unspecified atom stereocenters. The predicted octanol–water partition coefficient (Wildman–Crippen LogP) is 2.55. The van der Waals surface area contributed by atoms with Gasteiger partial charge in [0.2, 0.25) is 0 Å². The van der Waals surface area contributed by atoms with Crippen LogP contribution in [0.25, 0.3) is 0 Å². The summed E-state index contributed by atoms with van der Waals surface area (Å²) < 4.78 is 0. The molecule has 0 aromatic heterocycles. The van der Waals surface area contributed by atoms with Crippen molar-refractivity contribution in [2.24, 2.45) is 0 Å². The quantitative estimate of drug-likeness (QED) is 0.848. The molecule has 0 aliphatic heterocycles. The van der Waals surface area contributed by atoms with Crippen LogP contribution in [0.5, 0.6) is 0 Å². The molecule has 0 saturated carbocycles. The van der Waals surface area contributed by atoms with Crippen molar-refractivity contribution < 1.29 is 5.11 Å². The van der Waals surface area contributed by atoms with E-state index >= 15 is 0 Å². The third kappa shape index (κ3) is 3.83. The van der Waals surface area contributed by atoms with Gasteiger partial charge in [-0.2, -0.15) is 0 Å². The molecule has 0 atom stereocenters. The average Bonchev–Trinajstić information content (AvgIpc) is 2.30. The number of likely N-dealkylation sites (N-methyl/N-ethyl adjacent to an activating group) is 1. The molecule has 0 aliphatic carbocycles. The van der Waals surface area contributed by atoms with Crippen LogP contribution in [0, 0.1) is 13.8 Å². The second kappa shape index (κ2) is 5.65. The summed E-state index contributed by atoms with van der Waals surface area (Å²) >= 11 is 0. The Morgan fingerprint density at radius 2 is 1.82 bits per heavy atom. The highest BCUT2D eigenvalue weighted by atomic mass is 16.3. The largest absolute Gasteiger partial charge is 0.394 e. The maximum atomic E-state index is 9.30. The van der Waals surface area contributed by atoms with E-state index in [1.807, 2.05) is 0 Å². The summed E-state index contributed by atoms with van der Waals surface area (Å²) in [7, 11) is 2.07. The van der Waals surface area contributed by atoms with Gasteiger partial charge in [0.25, 0.3) is 0 Å². The molecule has 2 nitrogen and oxygen atoms in total. The van der Waals surface area contributed by atoms with Crippen LogP contribution in [0.3, 0.4) is 0 Å². The smallest absolute Gasteiger partial charge is 0.0609 e. The van der Waals surface area contributed by atoms with Crippen molar-refractivity contribution in [2.45, 2.75) is 39.7 Å². The van der Waals surface area contributed by atoms with Gasteiger partial charge in [-0.15, -0.1) is 0 Å². The van der Waals surface area contributed by atoms with E-state index in [1.54, 1.807) is 0 Å². The normalized spacial score (nSPS) is 12.2. The molecule has 1 N–H and O–H groups in total. The molecular weight excluding hydrogens is 210 g/mol. The molecule has 0 radical (unpaired) electrons. The molecular formula is C15H25NO. The van der Waals surface area contributed by atoms with E-state index in [-0.39, 0.29) is 12.1 Å². The van der Waals surface area contributed by atoms with Crippen molar-refractivity contribution in [1.29, 1.82) is 0 Å². The lowest BCUT2D eigenvalue weighted by Crippen LogP contribution is -2.45. The molecule has 0 heterocycles. The molecule has 0 spiro atoms. The van der Waals surface area contributed by atoms with Crippen LogP contribution in [0.4, 0.5) is 0 Å². The standard InChI is InChI=1S/C15H25NO/c1-12-6-7-14(10-13(12)2)8-9-16(5)15(3,4)11-17/h6-7,10,17H,8-9,11H2,1-5H3. The second-order valence-corrected chi connectivity index (χ2v) is 5.56. The number of aryl methyl sites for hydroxylation is 2. The molecule has 96 valence electrons. The van der Waals surface area contributed by atoms with Crippen molar-refractivity contribution in [3.05, 3.63) is 34.9 Å². The van der Waals surface area contributed by atoms with Crippen molar-refractivity contribution >= 4 is 0 Å². The SMILES string of the molecule is Cc1ccc(CCN(C)C(C)(C)CO)cc1C. The van der Waals surface area contributed by atoms with Crippen molar-refractivity contribution in [2.75, 3.05) is 20.2 Å². The van der Waals surface area contributed by atoms with Gasteiger partial charge in [-0.3, -0.25) is 4.90 Å². The fourth-order valence-electron chi connectivity index (χ4n) is 1.68. The molecule has 0 amide bonds. The summed E-state index contributed by atoms with van der Waals surface area (Å²) in [6.07, 6.45) is 1.03. The summed E-state index contributed by atoms with van der Waals surface area (Å²) in [6, 6.07) is 6.64. The van der Waals surface area contributed by atoms with E-state index in [9.17, 15) is 5.11 Å². The van der Waals surface area contributed by atoms with Crippen molar-refractivity contribution in [1.82, 2.24) is 4.90 Å². The number of nitrogens with zero attached hydrogens (tertiary/aromatic N) is 1. The van der Waals surface area contributed by atoms with Crippen LogP contribution in [-0.2, 0) is 6.42 Å². The molecule has 1 rings (SSSR count). The summed E-state index contributed by atoms with van der Waals surface area (Å²) in [4.78, 5) is 2.21. The number of hydrogen-bond donors (Lipinski definition) is 1. The Bertz CT molecular complexity index is 371. The minimum absolute atomic E-state index is 0.139. The van der Waals surface area contributed by atoms with Crippen LogP contribution in [-0.4, -0.2) is 35.7 Å². The van der Waals surface area contributed by atoms with Crippen LogP contribution >= 0.6 is 0 Å². The summed E-state index contributed by atoms with van der Waals surface area (Å²) in [5.74, 6) is 0. The molecule has 2 heteroatoms. The van der Waals surface area contributed by atoms with Crippen LogP contribution in [0.2, 0.25) is 0 Å². The fraction of sp³-hybridized carbons (Fsp3) is 0.600. The third-order valence-electron chi connectivity index (χ3n) is 3.73. The summed E-state index contributed by atoms with van der Waals surface area (Å²) in [6.45, 7) is 9.58. The molecule has 0 aliphatic rings. The fourth-order valence-corrected chi connectivity index (χ4v) is 1.68. The first-order valence-corrected chi connectivity index (χ1v) is 6.25. The Balaban J connectivity index is 2.59. The van der Waals surface area contributed by atoms with E-state index in [2.05, 4.69) is 57.8 Å². The number of aliphatic hydroxyl groups is 1. The molecule has 1 aromatic rings. The van der Waals surface area contributed by atoms with E-state index in [0.717, 1.165) is 13.0 Å².